The van der Waals surface area contributed by atoms with Crippen LogP contribution >= 0.6 is 23.1 Å². The van der Waals surface area contributed by atoms with Gasteiger partial charge in [-0.2, -0.15) is 11.8 Å². The Labute approximate surface area is 176 Å². The summed E-state index contributed by atoms with van der Waals surface area (Å²) < 4.78 is 5.17. The van der Waals surface area contributed by atoms with Crippen molar-refractivity contribution in [3.05, 3.63) is 10.6 Å². The van der Waals surface area contributed by atoms with E-state index in [-0.39, 0.29) is 5.91 Å². The average Bonchev–Trinajstić information content (AvgIpc) is 2.93. The number of fused-ring (bicyclic) bond motifs is 1. The molecule has 0 radical (unpaired) electrons. The highest BCUT2D eigenvalue weighted by molar-refractivity contribution is 7.99. The van der Waals surface area contributed by atoms with Crippen molar-refractivity contribution in [2.24, 2.45) is 11.3 Å². The maximum atomic E-state index is 12.2. The van der Waals surface area contributed by atoms with Gasteiger partial charge in [0.25, 0.3) is 0 Å². The largest absolute Gasteiger partial charge is 0.444 e. The van der Waals surface area contributed by atoms with E-state index in [1.54, 1.807) is 11.3 Å². The van der Waals surface area contributed by atoms with Crippen molar-refractivity contribution in [1.29, 1.82) is 0 Å². The van der Waals surface area contributed by atoms with Crippen LogP contribution in [0.3, 0.4) is 0 Å². The first-order valence-corrected chi connectivity index (χ1v) is 11.7. The number of carbonyl (C=O) groups is 2. The van der Waals surface area contributed by atoms with E-state index in [1.165, 1.54) is 16.6 Å². The van der Waals surface area contributed by atoms with Crippen LogP contribution in [-0.2, 0) is 22.4 Å². The summed E-state index contributed by atoms with van der Waals surface area (Å²) in [6.07, 6.45) is 2.78. The first-order valence-electron chi connectivity index (χ1n) is 9.77. The number of ether oxygens (including phenoxy) is 1. The Kier molecular flexibility index (Phi) is 7.79. The molecule has 0 saturated carbocycles. The van der Waals surface area contributed by atoms with Crippen molar-refractivity contribution < 1.29 is 14.3 Å². The Bertz CT molecular complexity index is 690. The number of nitrogens with zero attached hydrogens (tertiary/aromatic N) is 1. The molecule has 2 amide bonds. The third-order valence-corrected chi connectivity index (χ3v) is 6.55. The van der Waals surface area contributed by atoms with Gasteiger partial charge in [-0.05, 0) is 51.4 Å². The van der Waals surface area contributed by atoms with E-state index in [0.717, 1.165) is 25.0 Å². The molecule has 0 fully saturated rings. The predicted molar refractivity (Wildman–Crippen MR) is 117 cm³/mol. The zero-order chi connectivity index (χ0) is 20.9. The fourth-order valence-corrected chi connectivity index (χ4v) is 4.78. The second kappa shape index (κ2) is 9.48. The molecule has 1 heterocycles. The van der Waals surface area contributed by atoms with Crippen LogP contribution in [0.4, 0.5) is 9.93 Å². The molecule has 1 atom stereocenters. The summed E-state index contributed by atoms with van der Waals surface area (Å²) in [7, 11) is 0. The predicted octanol–water partition coefficient (Wildman–Crippen LogP) is 4.49. The second-order valence-electron chi connectivity index (χ2n) is 9.22. The quantitative estimate of drug-likeness (QED) is 0.654. The number of aromatic nitrogens is 1. The van der Waals surface area contributed by atoms with Gasteiger partial charge >= 0.3 is 6.09 Å². The van der Waals surface area contributed by atoms with E-state index >= 15 is 0 Å². The molecular weight excluding hydrogens is 394 g/mol. The maximum Gasteiger partial charge on any atom is 0.407 e. The highest BCUT2D eigenvalue weighted by atomic mass is 32.2. The Hall–Kier alpha value is -1.28. The van der Waals surface area contributed by atoms with E-state index in [1.807, 2.05) is 20.8 Å². The minimum absolute atomic E-state index is 0.0549. The van der Waals surface area contributed by atoms with Crippen LogP contribution in [0, 0.1) is 11.3 Å². The minimum atomic E-state index is -0.503. The number of aryl methyl sites for hydroxylation is 1. The van der Waals surface area contributed by atoms with E-state index in [4.69, 9.17) is 4.74 Å². The summed E-state index contributed by atoms with van der Waals surface area (Å²) in [5, 5.41) is 6.31. The highest BCUT2D eigenvalue weighted by Gasteiger charge is 2.30. The molecule has 8 heteroatoms. The number of hydrogen-bond donors (Lipinski definition) is 2. The van der Waals surface area contributed by atoms with Gasteiger partial charge in [0, 0.05) is 17.2 Å². The SMILES string of the molecule is CC(C)(C)OC(=O)NCCSCC(=O)Nc1nc2c(s1)CC(C(C)(C)C)CC2. The van der Waals surface area contributed by atoms with Crippen LogP contribution in [-0.4, -0.2) is 40.6 Å². The zero-order valence-corrected chi connectivity index (χ0v) is 19.4. The second-order valence-corrected chi connectivity index (χ2v) is 11.4. The fraction of sp³-hybridized carbons (Fsp3) is 0.750. The lowest BCUT2D eigenvalue weighted by Gasteiger charge is -2.33. The smallest absolute Gasteiger partial charge is 0.407 e. The van der Waals surface area contributed by atoms with Crippen molar-refractivity contribution in [2.45, 2.75) is 66.4 Å². The number of nitrogens with one attached hydrogen (secondary N) is 2. The average molecular weight is 428 g/mol. The number of alkyl carbamates (subject to hydrolysis) is 1. The minimum Gasteiger partial charge on any atom is -0.444 e. The molecule has 0 spiro atoms. The monoisotopic (exact) mass is 427 g/mol. The number of rotatable bonds is 6. The normalized spacial score (nSPS) is 17.0. The van der Waals surface area contributed by atoms with Gasteiger partial charge in [0.15, 0.2) is 5.13 Å². The zero-order valence-electron chi connectivity index (χ0n) is 17.8. The molecule has 1 unspecified atom stereocenters. The third-order valence-electron chi connectivity index (χ3n) is 4.56. The number of thiazole rings is 1. The van der Waals surface area contributed by atoms with Gasteiger partial charge in [-0.1, -0.05) is 20.8 Å². The molecule has 28 heavy (non-hydrogen) atoms. The molecule has 0 aliphatic heterocycles. The van der Waals surface area contributed by atoms with Crippen LogP contribution in [0.15, 0.2) is 0 Å². The molecule has 0 saturated heterocycles. The van der Waals surface area contributed by atoms with Crippen molar-refractivity contribution in [1.82, 2.24) is 10.3 Å². The van der Waals surface area contributed by atoms with E-state index in [2.05, 4.69) is 36.4 Å². The third kappa shape index (κ3) is 7.62. The summed E-state index contributed by atoms with van der Waals surface area (Å²) in [6.45, 7) is 12.8. The first kappa shape index (κ1) is 23.0. The van der Waals surface area contributed by atoms with E-state index in [0.29, 0.717) is 34.5 Å². The van der Waals surface area contributed by atoms with Gasteiger partial charge in [0.1, 0.15) is 5.60 Å². The standard InChI is InChI=1S/C20H33N3O3S2/c1-19(2,3)13-7-8-14-15(11-13)28-17(22-14)23-16(24)12-27-10-9-21-18(25)26-20(4,5)6/h13H,7-12H2,1-6H3,(H,21,25)(H,22,23,24). The van der Waals surface area contributed by atoms with Crippen molar-refractivity contribution >= 4 is 40.2 Å². The van der Waals surface area contributed by atoms with Crippen molar-refractivity contribution in [3.8, 4) is 0 Å². The van der Waals surface area contributed by atoms with Gasteiger partial charge in [-0.15, -0.1) is 11.3 Å². The van der Waals surface area contributed by atoms with Gasteiger partial charge in [-0.25, -0.2) is 9.78 Å². The van der Waals surface area contributed by atoms with Gasteiger partial charge in [0.05, 0.1) is 11.4 Å². The topological polar surface area (TPSA) is 80.3 Å². The molecular formula is C20H33N3O3S2. The molecule has 1 aromatic heterocycles. The summed E-state index contributed by atoms with van der Waals surface area (Å²) in [5.41, 5.74) is 0.946. The van der Waals surface area contributed by atoms with Crippen LogP contribution in [0.1, 0.15) is 58.5 Å². The van der Waals surface area contributed by atoms with E-state index < -0.39 is 11.7 Å². The van der Waals surface area contributed by atoms with Crippen molar-refractivity contribution in [3.63, 3.8) is 0 Å². The molecule has 1 aliphatic rings. The lowest BCUT2D eigenvalue weighted by Crippen LogP contribution is -2.33. The molecule has 0 aromatic carbocycles. The number of thioether (sulfide) groups is 1. The summed E-state index contributed by atoms with van der Waals surface area (Å²) in [5.74, 6) is 1.59. The summed E-state index contributed by atoms with van der Waals surface area (Å²) in [4.78, 5) is 29.6. The van der Waals surface area contributed by atoms with Crippen LogP contribution in [0.2, 0.25) is 0 Å². The molecule has 1 aliphatic carbocycles. The Morgan fingerprint density at radius 2 is 1.96 bits per heavy atom. The number of anilines is 1. The number of hydrogen-bond acceptors (Lipinski definition) is 6. The molecule has 2 rings (SSSR count). The fourth-order valence-electron chi connectivity index (χ4n) is 3.03. The lowest BCUT2D eigenvalue weighted by atomic mass is 9.73. The van der Waals surface area contributed by atoms with Crippen LogP contribution in [0.5, 0.6) is 0 Å². The van der Waals surface area contributed by atoms with Crippen LogP contribution in [0.25, 0.3) is 0 Å². The molecule has 0 bridgehead atoms. The Morgan fingerprint density at radius 1 is 1.25 bits per heavy atom. The Balaban J connectivity index is 1.69. The molecule has 158 valence electrons. The molecule has 1 aromatic rings. The first-order chi connectivity index (χ1) is 12.9. The Morgan fingerprint density at radius 3 is 2.61 bits per heavy atom. The summed E-state index contributed by atoms with van der Waals surface area (Å²) in [6, 6.07) is 0. The van der Waals surface area contributed by atoms with Gasteiger partial charge < -0.3 is 15.4 Å². The molecule has 2 N–H and O–H groups in total. The van der Waals surface area contributed by atoms with Crippen molar-refractivity contribution in [2.75, 3.05) is 23.4 Å². The highest BCUT2D eigenvalue weighted by Crippen LogP contribution is 2.40. The summed E-state index contributed by atoms with van der Waals surface area (Å²) >= 11 is 3.08. The number of amides is 2. The van der Waals surface area contributed by atoms with Gasteiger partial charge in [-0.3, -0.25) is 4.79 Å². The van der Waals surface area contributed by atoms with Gasteiger partial charge in [0.2, 0.25) is 5.91 Å². The lowest BCUT2D eigenvalue weighted by molar-refractivity contribution is -0.113. The van der Waals surface area contributed by atoms with E-state index in [9.17, 15) is 9.59 Å². The maximum absolute atomic E-state index is 12.2. The van der Waals surface area contributed by atoms with Crippen LogP contribution < -0.4 is 10.6 Å². The molecule has 6 nitrogen and oxygen atoms in total. The number of carbonyl (C=O) groups excluding carboxylic acids is 2.